The van der Waals surface area contributed by atoms with Gasteiger partial charge in [0.15, 0.2) is 0 Å². The molecule has 1 atom stereocenters. The van der Waals surface area contributed by atoms with Crippen LogP contribution >= 0.6 is 0 Å². The van der Waals surface area contributed by atoms with Crippen LogP contribution in [0, 0.1) is 5.92 Å². The Kier molecular flexibility index (Phi) is 14.5. The molecule has 3 nitrogen and oxygen atoms in total. The highest BCUT2D eigenvalue weighted by Crippen LogP contribution is 2.14. The van der Waals surface area contributed by atoms with Crippen molar-refractivity contribution >= 4 is 11.8 Å². The second kappa shape index (κ2) is 15.1. The lowest BCUT2D eigenvalue weighted by atomic mass is 10.0. The normalized spacial score (nSPS) is 12.3. The minimum Gasteiger partial charge on any atom is -0.481 e. The number of hydrogen-bond donors (Lipinski definition) is 1. The number of Topliss-reactive ketones (excluding diaryl/α,β-unsaturated/α-hetero) is 1. The Bertz CT molecular complexity index is 286. The summed E-state index contributed by atoms with van der Waals surface area (Å²) in [5, 5.41) is 8.78. The summed E-state index contributed by atoms with van der Waals surface area (Å²) in [6, 6.07) is 0. The Morgan fingerprint density at radius 1 is 0.773 bits per heavy atom. The van der Waals surface area contributed by atoms with Crippen molar-refractivity contribution in [2.24, 2.45) is 5.92 Å². The molecule has 0 aromatic rings. The van der Waals surface area contributed by atoms with Crippen LogP contribution in [0.4, 0.5) is 0 Å². The van der Waals surface area contributed by atoms with Crippen molar-refractivity contribution < 1.29 is 14.7 Å². The van der Waals surface area contributed by atoms with Crippen LogP contribution in [-0.4, -0.2) is 16.9 Å². The van der Waals surface area contributed by atoms with E-state index in [2.05, 4.69) is 6.92 Å². The topological polar surface area (TPSA) is 54.4 Å². The molecule has 0 rings (SSSR count). The Labute approximate surface area is 136 Å². The minimum absolute atomic E-state index is 0.205. The van der Waals surface area contributed by atoms with Crippen molar-refractivity contribution in [3.05, 3.63) is 0 Å². The van der Waals surface area contributed by atoms with Crippen molar-refractivity contribution in [3.63, 3.8) is 0 Å². The standard InChI is InChI=1S/C19H36O3/c1-3-4-5-12-15-18(20)16-13-10-8-6-7-9-11-14-17(2)19(21)22/h17H,3-16H2,1-2H3,(H,21,22). The molecule has 0 bridgehead atoms. The number of carbonyl (C=O) groups is 2. The van der Waals surface area contributed by atoms with Crippen LogP contribution in [0.15, 0.2) is 0 Å². The Morgan fingerprint density at radius 2 is 1.23 bits per heavy atom. The monoisotopic (exact) mass is 312 g/mol. The van der Waals surface area contributed by atoms with E-state index in [-0.39, 0.29) is 5.92 Å². The highest BCUT2D eigenvalue weighted by molar-refractivity contribution is 5.78. The summed E-state index contributed by atoms with van der Waals surface area (Å²) in [6.07, 6.45) is 15.0. The number of carbonyl (C=O) groups excluding carboxylic acids is 1. The summed E-state index contributed by atoms with van der Waals surface area (Å²) >= 11 is 0. The van der Waals surface area contributed by atoms with E-state index in [0.29, 0.717) is 5.78 Å². The third-order valence-electron chi connectivity index (χ3n) is 4.32. The van der Waals surface area contributed by atoms with Gasteiger partial charge in [-0.2, -0.15) is 0 Å². The van der Waals surface area contributed by atoms with E-state index >= 15 is 0 Å². The van der Waals surface area contributed by atoms with Gasteiger partial charge in [-0.25, -0.2) is 0 Å². The van der Waals surface area contributed by atoms with Gasteiger partial charge in [0.05, 0.1) is 5.92 Å². The third-order valence-corrected chi connectivity index (χ3v) is 4.32. The lowest BCUT2D eigenvalue weighted by Crippen LogP contribution is -2.08. The molecule has 0 aromatic heterocycles. The van der Waals surface area contributed by atoms with E-state index in [1.54, 1.807) is 6.92 Å². The molecule has 1 N–H and O–H groups in total. The quantitative estimate of drug-likeness (QED) is 0.369. The van der Waals surface area contributed by atoms with Gasteiger partial charge in [-0.1, -0.05) is 71.6 Å². The molecule has 3 heteroatoms. The number of ketones is 1. The molecule has 1 unspecified atom stereocenters. The van der Waals surface area contributed by atoms with Gasteiger partial charge in [-0.3, -0.25) is 9.59 Å². The molecule has 0 spiro atoms. The Hall–Kier alpha value is -0.860. The second-order valence-electron chi connectivity index (χ2n) is 6.60. The van der Waals surface area contributed by atoms with Crippen LogP contribution in [0.25, 0.3) is 0 Å². The molecule has 130 valence electrons. The first-order valence-corrected chi connectivity index (χ1v) is 9.32. The molecule has 22 heavy (non-hydrogen) atoms. The first kappa shape index (κ1) is 21.1. The number of hydrogen-bond acceptors (Lipinski definition) is 2. The van der Waals surface area contributed by atoms with E-state index in [1.165, 1.54) is 38.5 Å². The Morgan fingerprint density at radius 3 is 1.73 bits per heavy atom. The summed E-state index contributed by atoms with van der Waals surface area (Å²) in [4.78, 5) is 22.3. The lowest BCUT2D eigenvalue weighted by molar-refractivity contribution is -0.141. The number of rotatable bonds is 16. The molecule has 0 aliphatic heterocycles. The van der Waals surface area contributed by atoms with E-state index in [0.717, 1.165) is 51.4 Å². The van der Waals surface area contributed by atoms with Crippen LogP contribution in [-0.2, 0) is 9.59 Å². The smallest absolute Gasteiger partial charge is 0.306 e. The largest absolute Gasteiger partial charge is 0.481 e. The van der Waals surface area contributed by atoms with Gasteiger partial charge in [0.1, 0.15) is 5.78 Å². The summed E-state index contributed by atoms with van der Waals surface area (Å²) in [5.41, 5.74) is 0. The molecule has 0 aliphatic rings. The molecule has 0 fully saturated rings. The van der Waals surface area contributed by atoms with Gasteiger partial charge in [0, 0.05) is 12.8 Å². The molecule has 0 aliphatic carbocycles. The predicted octanol–water partition coefficient (Wildman–Crippen LogP) is 5.76. The molecule has 0 amide bonds. The minimum atomic E-state index is -0.681. The highest BCUT2D eigenvalue weighted by atomic mass is 16.4. The number of unbranched alkanes of at least 4 members (excludes halogenated alkanes) is 9. The molecule has 0 aromatic carbocycles. The number of aliphatic carboxylic acids is 1. The molecule has 0 saturated carbocycles. The predicted molar refractivity (Wildman–Crippen MR) is 92.1 cm³/mol. The van der Waals surface area contributed by atoms with E-state index in [1.807, 2.05) is 0 Å². The average molecular weight is 312 g/mol. The summed E-state index contributed by atoms with van der Waals surface area (Å²) in [7, 11) is 0. The van der Waals surface area contributed by atoms with E-state index in [9.17, 15) is 9.59 Å². The fourth-order valence-corrected chi connectivity index (χ4v) is 2.65. The first-order valence-electron chi connectivity index (χ1n) is 9.32. The fourth-order valence-electron chi connectivity index (χ4n) is 2.65. The van der Waals surface area contributed by atoms with E-state index < -0.39 is 5.97 Å². The van der Waals surface area contributed by atoms with Crippen molar-refractivity contribution in [3.8, 4) is 0 Å². The first-order chi connectivity index (χ1) is 10.6. The van der Waals surface area contributed by atoms with Gasteiger partial charge in [0.25, 0.3) is 0 Å². The van der Waals surface area contributed by atoms with Gasteiger partial charge in [-0.05, 0) is 19.3 Å². The maximum Gasteiger partial charge on any atom is 0.306 e. The zero-order chi connectivity index (χ0) is 16.6. The van der Waals surface area contributed by atoms with Crippen molar-refractivity contribution in [2.45, 2.75) is 104 Å². The fraction of sp³-hybridized carbons (Fsp3) is 0.895. The zero-order valence-electron chi connectivity index (χ0n) is 14.7. The summed E-state index contributed by atoms with van der Waals surface area (Å²) in [5.74, 6) is -0.443. The highest BCUT2D eigenvalue weighted by Gasteiger charge is 2.09. The summed E-state index contributed by atoms with van der Waals surface area (Å²) < 4.78 is 0. The maximum atomic E-state index is 11.7. The van der Waals surface area contributed by atoms with Crippen LogP contribution in [0.5, 0.6) is 0 Å². The van der Waals surface area contributed by atoms with Gasteiger partial charge < -0.3 is 5.11 Å². The summed E-state index contributed by atoms with van der Waals surface area (Å²) in [6.45, 7) is 3.97. The van der Waals surface area contributed by atoms with Crippen molar-refractivity contribution in [1.82, 2.24) is 0 Å². The Balaban J connectivity index is 3.23. The van der Waals surface area contributed by atoms with Gasteiger partial charge in [0.2, 0.25) is 0 Å². The van der Waals surface area contributed by atoms with Crippen molar-refractivity contribution in [1.29, 1.82) is 0 Å². The van der Waals surface area contributed by atoms with Crippen LogP contribution in [0.2, 0.25) is 0 Å². The van der Waals surface area contributed by atoms with Crippen molar-refractivity contribution in [2.75, 3.05) is 0 Å². The van der Waals surface area contributed by atoms with Crippen LogP contribution in [0.1, 0.15) is 104 Å². The van der Waals surface area contributed by atoms with Gasteiger partial charge in [-0.15, -0.1) is 0 Å². The molecule has 0 radical (unpaired) electrons. The molecule has 0 heterocycles. The second-order valence-corrected chi connectivity index (χ2v) is 6.60. The molecular formula is C19H36O3. The van der Waals surface area contributed by atoms with Crippen LogP contribution in [0.3, 0.4) is 0 Å². The number of carboxylic acids is 1. The van der Waals surface area contributed by atoms with Gasteiger partial charge >= 0.3 is 5.97 Å². The zero-order valence-corrected chi connectivity index (χ0v) is 14.7. The third kappa shape index (κ3) is 14.1. The lowest BCUT2D eigenvalue weighted by Gasteiger charge is -2.05. The maximum absolute atomic E-state index is 11.7. The molecular weight excluding hydrogens is 276 g/mol. The van der Waals surface area contributed by atoms with Crippen LogP contribution < -0.4 is 0 Å². The SMILES string of the molecule is CCCCCCC(=O)CCCCCCCCCC(C)C(=O)O. The van der Waals surface area contributed by atoms with E-state index in [4.69, 9.17) is 5.11 Å². The molecule has 0 saturated heterocycles. The number of carboxylic acid groups (broad SMARTS) is 1. The average Bonchev–Trinajstić information content (AvgIpc) is 2.49.